The maximum Gasteiger partial charge on any atom is 0.138 e. The molecule has 3 rings (SSSR count). The first kappa shape index (κ1) is 20.6. The van der Waals surface area contributed by atoms with Crippen molar-refractivity contribution < 1.29 is 13.5 Å². The van der Waals surface area contributed by atoms with E-state index in [2.05, 4.69) is 19.6 Å². The van der Waals surface area contributed by atoms with Gasteiger partial charge in [-0.1, -0.05) is 28.2 Å². The number of benzene rings is 1. The van der Waals surface area contributed by atoms with Crippen LogP contribution in [0.1, 0.15) is 36.9 Å². The molecule has 1 aromatic heterocycles. The van der Waals surface area contributed by atoms with Gasteiger partial charge in [0.1, 0.15) is 15.8 Å². The fourth-order valence-electron chi connectivity index (χ4n) is 3.64. The molecule has 148 valence electrons. The summed E-state index contributed by atoms with van der Waals surface area (Å²) in [5, 5.41) is 7.52. The minimum atomic E-state index is -2.28. The van der Waals surface area contributed by atoms with Gasteiger partial charge in [0.2, 0.25) is 0 Å². The van der Waals surface area contributed by atoms with Gasteiger partial charge in [0.25, 0.3) is 0 Å². The molecule has 1 aliphatic rings. The van der Waals surface area contributed by atoms with Crippen LogP contribution in [-0.4, -0.2) is 38.0 Å². The van der Waals surface area contributed by atoms with Crippen LogP contribution in [0.25, 0.3) is 0 Å². The minimum absolute atomic E-state index is 0.243. The second kappa shape index (κ2) is 9.40. The van der Waals surface area contributed by atoms with E-state index in [1.807, 2.05) is 24.3 Å². The molecule has 2 aromatic rings. The van der Waals surface area contributed by atoms with Crippen LogP contribution in [0.4, 0.5) is 0 Å². The van der Waals surface area contributed by atoms with E-state index in [4.69, 9.17) is 16.3 Å². The molecule has 7 nitrogen and oxygen atoms in total. The quantitative estimate of drug-likeness (QED) is 0.625. The summed E-state index contributed by atoms with van der Waals surface area (Å²) >= 11 is 4.96. The summed E-state index contributed by atoms with van der Waals surface area (Å²) in [5.74, 6) is 0.779. The second-order valence-corrected chi connectivity index (χ2v) is 8.83. The number of halogens is 1. The summed E-state index contributed by atoms with van der Waals surface area (Å²) < 4.78 is 34.6. The van der Waals surface area contributed by atoms with Crippen LogP contribution in [0.15, 0.2) is 24.3 Å². The smallest absolute Gasteiger partial charge is 0.138 e. The predicted molar refractivity (Wildman–Crippen MR) is 106 cm³/mol. The number of ether oxygens (including phenoxy) is 1. The molecule has 1 aromatic carbocycles. The van der Waals surface area contributed by atoms with Crippen molar-refractivity contribution in [2.75, 3.05) is 13.7 Å². The topological polar surface area (TPSA) is 99.2 Å². The number of hydrogen-bond donors (Lipinski definition) is 2. The van der Waals surface area contributed by atoms with Crippen molar-refractivity contribution in [1.29, 1.82) is 0 Å². The van der Waals surface area contributed by atoms with Gasteiger partial charge >= 0.3 is 0 Å². The van der Waals surface area contributed by atoms with Crippen molar-refractivity contribution in [2.24, 2.45) is 0 Å². The molecule has 1 saturated carbocycles. The number of methoxy groups -OCH3 is 1. The van der Waals surface area contributed by atoms with Crippen LogP contribution in [0.2, 0.25) is 4.34 Å². The SMILES string of the molecule is COc1cccc(C2(CNS(=O)[O-])CCC(NCc3nnsc3Cl)CC2)c1. The molecular formula is C17H22ClN4O3S2-. The Kier molecular flexibility index (Phi) is 7.18. The van der Waals surface area contributed by atoms with Crippen molar-refractivity contribution in [3.8, 4) is 5.75 Å². The van der Waals surface area contributed by atoms with Crippen LogP contribution < -0.4 is 14.8 Å². The van der Waals surface area contributed by atoms with Gasteiger partial charge < -0.3 is 14.6 Å². The summed E-state index contributed by atoms with van der Waals surface area (Å²) in [5.41, 5.74) is 1.63. The number of rotatable bonds is 8. The third-order valence-corrected chi connectivity index (χ3v) is 6.59. The lowest BCUT2D eigenvalue weighted by molar-refractivity contribution is 0.244. The van der Waals surface area contributed by atoms with E-state index >= 15 is 0 Å². The maximum absolute atomic E-state index is 11.1. The average Bonchev–Trinajstić information content (AvgIpc) is 3.10. The Labute approximate surface area is 170 Å². The molecular weight excluding hydrogens is 408 g/mol. The first-order valence-corrected chi connectivity index (χ1v) is 10.9. The molecule has 0 bridgehead atoms. The Morgan fingerprint density at radius 2 is 2.22 bits per heavy atom. The Morgan fingerprint density at radius 1 is 1.44 bits per heavy atom. The predicted octanol–water partition coefficient (Wildman–Crippen LogP) is 2.55. The van der Waals surface area contributed by atoms with Gasteiger partial charge in [-0.2, -0.15) is 0 Å². The van der Waals surface area contributed by atoms with Gasteiger partial charge in [-0.3, -0.25) is 4.21 Å². The highest BCUT2D eigenvalue weighted by Gasteiger charge is 2.37. The van der Waals surface area contributed by atoms with Gasteiger partial charge in [0.15, 0.2) is 0 Å². The first-order valence-electron chi connectivity index (χ1n) is 8.70. The normalized spacial score (nSPS) is 23.9. The van der Waals surface area contributed by atoms with Crippen molar-refractivity contribution in [1.82, 2.24) is 19.6 Å². The number of aromatic nitrogens is 2. The van der Waals surface area contributed by atoms with Gasteiger partial charge in [-0.15, -0.1) is 5.10 Å². The van der Waals surface area contributed by atoms with E-state index in [-0.39, 0.29) is 5.41 Å². The molecule has 0 aliphatic heterocycles. The lowest BCUT2D eigenvalue weighted by Crippen LogP contribution is -2.45. The van der Waals surface area contributed by atoms with Crippen LogP contribution >= 0.6 is 23.1 Å². The zero-order valence-corrected chi connectivity index (χ0v) is 17.3. The third-order valence-electron chi connectivity index (χ3n) is 5.22. The summed E-state index contributed by atoms with van der Waals surface area (Å²) in [4.78, 5) is 0. The molecule has 0 spiro atoms. The number of nitrogens with one attached hydrogen (secondary N) is 2. The molecule has 2 N–H and O–H groups in total. The second-order valence-electron chi connectivity index (χ2n) is 6.72. The molecule has 1 heterocycles. The molecule has 27 heavy (non-hydrogen) atoms. The van der Waals surface area contributed by atoms with E-state index in [0.717, 1.165) is 42.7 Å². The van der Waals surface area contributed by atoms with Crippen molar-refractivity contribution >= 4 is 34.4 Å². The minimum Gasteiger partial charge on any atom is -0.760 e. The lowest BCUT2D eigenvalue weighted by Gasteiger charge is -2.41. The van der Waals surface area contributed by atoms with Crippen LogP contribution in [0.5, 0.6) is 5.75 Å². The molecule has 0 amide bonds. The standard InChI is InChI=1S/C17H23ClN4O3S2/c1-25-14-4-2-3-12(9-14)17(11-20-27(23)24)7-5-13(6-8-17)19-10-15-16(18)26-22-21-15/h2-4,9,13,19-20H,5-8,10-11H2,1H3,(H,23,24)/p-1. The first-order chi connectivity index (χ1) is 13.0. The van der Waals surface area contributed by atoms with E-state index in [9.17, 15) is 8.76 Å². The van der Waals surface area contributed by atoms with E-state index in [0.29, 0.717) is 23.5 Å². The largest absolute Gasteiger partial charge is 0.760 e. The highest BCUT2D eigenvalue weighted by atomic mass is 35.5. The summed E-state index contributed by atoms with van der Waals surface area (Å²) in [7, 11) is 1.63. The maximum atomic E-state index is 11.1. The molecule has 1 atom stereocenters. The van der Waals surface area contributed by atoms with Gasteiger partial charge in [-0.05, 0) is 43.4 Å². The number of hydrogen-bond acceptors (Lipinski definition) is 7. The Bertz CT molecular complexity index is 781. The summed E-state index contributed by atoms with van der Waals surface area (Å²) in [6.07, 6.45) is 3.59. The average molecular weight is 430 g/mol. The summed E-state index contributed by atoms with van der Waals surface area (Å²) in [6.45, 7) is 0.972. The summed E-state index contributed by atoms with van der Waals surface area (Å²) in [6, 6.07) is 8.23. The van der Waals surface area contributed by atoms with Crippen molar-refractivity contribution in [3.63, 3.8) is 0 Å². The zero-order valence-electron chi connectivity index (χ0n) is 14.9. The van der Waals surface area contributed by atoms with E-state index in [1.54, 1.807) is 7.11 Å². The molecule has 0 saturated heterocycles. The van der Waals surface area contributed by atoms with Crippen LogP contribution in [0.3, 0.4) is 0 Å². The van der Waals surface area contributed by atoms with Crippen molar-refractivity contribution in [2.45, 2.75) is 43.7 Å². The van der Waals surface area contributed by atoms with E-state index < -0.39 is 11.3 Å². The zero-order chi connectivity index (χ0) is 19.3. The third kappa shape index (κ3) is 5.24. The van der Waals surface area contributed by atoms with Gasteiger partial charge in [-0.25, -0.2) is 4.72 Å². The van der Waals surface area contributed by atoms with Gasteiger partial charge in [0.05, 0.1) is 7.11 Å². The van der Waals surface area contributed by atoms with Gasteiger partial charge in [0, 0.05) is 47.3 Å². The van der Waals surface area contributed by atoms with E-state index in [1.165, 1.54) is 11.5 Å². The van der Waals surface area contributed by atoms with Crippen molar-refractivity contribution in [3.05, 3.63) is 39.9 Å². The Morgan fingerprint density at radius 3 is 2.85 bits per heavy atom. The highest BCUT2D eigenvalue weighted by molar-refractivity contribution is 7.77. The monoisotopic (exact) mass is 429 g/mol. The molecule has 10 heteroatoms. The molecule has 1 aliphatic carbocycles. The van der Waals surface area contributed by atoms with Crippen LogP contribution in [0, 0.1) is 0 Å². The molecule has 0 radical (unpaired) electrons. The lowest BCUT2D eigenvalue weighted by atomic mass is 9.68. The Hall–Kier alpha value is -1.10. The molecule has 1 unspecified atom stereocenters. The Balaban J connectivity index is 1.68. The molecule has 1 fully saturated rings. The highest BCUT2D eigenvalue weighted by Crippen LogP contribution is 2.40. The van der Waals surface area contributed by atoms with Crippen LogP contribution in [-0.2, 0) is 23.2 Å². The number of nitrogens with zero attached hydrogens (tertiary/aromatic N) is 2. The fourth-order valence-corrected chi connectivity index (χ4v) is 4.66. The fraction of sp³-hybridized carbons (Fsp3) is 0.529.